The Morgan fingerprint density at radius 3 is 2.62 bits per heavy atom. The van der Waals surface area contributed by atoms with Gasteiger partial charge in [-0.25, -0.2) is 0 Å². The van der Waals surface area contributed by atoms with Gasteiger partial charge in [-0.05, 0) is 28.8 Å². The lowest BCUT2D eigenvalue weighted by Crippen LogP contribution is -2.14. The van der Waals surface area contributed by atoms with Crippen LogP contribution in [0.2, 0.25) is 0 Å². The quantitative estimate of drug-likeness (QED) is 0.593. The Hall–Kier alpha value is -1.93. The van der Waals surface area contributed by atoms with Crippen molar-refractivity contribution in [2.45, 2.75) is 6.42 Å². The molecule has 3 aromatic carbocycles. The lowest BCUT2D eigenvalue weighted by atomic mass is 9.91. The smallest absolute Gasteiger partial charge is 0.0739 e. The molecule has 0 fully saturated rings. The summed E-state index contributed by atoms with van der Waals surface area (Å²) < 4.78 is 1.11. The van der Waals surface area contributed by atoms with Crippen LogP contribution in [0.3, 0.4) is 0 Å². The molecule has 0 unspecified atom stereocenters. The molecule has 0 aliphatic carbocycles. The third-order valence-corrected chi connectivity index (χ3v) is 4.70. The van der Waals surface area contributed by atoms with Gasteiger partial charge in [0.1, 0.15) is 0 Å². The van der Waals surface area contributed by atoms with E-state index in [-0.39, 0.29) is 0 Å². The minimum absolute atomic E-state index is 0.863. The first kappa shape index (κ1) is 12.8. The van der Waals surface area contributed by atoms with Crippen LogP contribution in [0.1, 0.15) is 16.7 Å². The summed E-state index contributed by atoms with van der Waals surface area (Å²) >= 11 is 3.72. The molecule has 1 heterocycles. The number of halogens is 1. The van der Waals surface area contributed by atoms with E-state index in [1.165, 1.54) is 27.5 Å². The van der Waals surface area contributed by atoms with Crippen molar-refractivity contribution in [2.75, 3.05) is 6.54 Å². The molecule has 0 spiro atoms. The first-order valence-electron chi connectivity index (χ1n) is 7.15. The number of rotatable bonds is 1. The van der Waals surface area contributed by atoms with Gasteiger partial charge in [-0.3, -0.25) is 4.99 Å². The van der Waals surface area contributed by atoms with E-state index in [0.717, 1.165) is 23.1 Å². The molecule has 102 valence electrons. The first-order valence-corrected chi connectivity index (χ1v) is 7.94. The fraction of sp³-hybridized carbons (Fsp3) is 0.105. The average molecular weight is 336 g/mol. The Kier molecular flexibility index (Phi) is 3.12. The predicted molar refractivity (Wildman–Crippen MR) is 92.3 cm³/mol. The lowest BCUT2D eigenvalue weighted by Gasteiger charge is -2.19. The maximum Gasteiger partial charge on any atom is 0.0739 e. The Labute approximate surface area is 132 Å². The molecule has 1 nitrogen and oxygen atoms in total. The zero-order chi connectivity index (χ0) is 14.2. The summed E-state index contributed by atoms with van der Waals surface area (Å²) in [4.78, 5) is 4.84. The lowest BCUT2D eigenvalue weighted by molar-refractivity contribution is 0.944. The van der Waals surface area contributed by atoms with Crippen molar-refractivity contribution in [3.8, 4) is 0 Å². The highest BCUT2D eigenvalue weighted by atomic mass is 79.9. The predicted octanol–water partition coefficient (Wildman–Crippen LogP) is 5.00. The highest BCUT2D eigenvalue weighted by Gasteiger charge is 2.19. The molecular formula is C19H14BrN. The number of hydrogen-bond donors (Lipinski definition) is 0. The number of nitrogens with zero attached hydrogens (tertiary/aromatic N) is 1. The topological polar surface area (TPSA) is 12.4 Å². The molecule has 0 N–H and O–H groups in total. The minimum Gasteiger partial charge on any atom is -0.284 e. The van der Waals surface area contributed by atoms with Crippen LogP contribution >= 0.6 is 15.9 Å². The molecule has 1 aliphatic heterocycles. The summed E-state index contributed by atoms with van der Waals surface area (Å²) in [5, 5.41) is 2.50. The zero-order valence-corrected chi connectivity index (χ0v) is 13.1. The van der Waals surface area contributed by atoms with Gasteiger partial charge in [0.05, 0.1) is 5.71 Å². The molecule has 0 saturated heterocycles. The molecule has 0 amide bonds. The number of benzene rings is 3. The molecular weight excluding hydrogens is 322 g/mol. The molecule has 0 aromatic heterocycles. The maximum absolute atomic E-state index is 4.84. The Morgan fingerprint density at radius 2 is 1.67 bits per heavy atom. The Morgan fingerprint density at radius 1 is 0.857 bits per heavy atom. The van der Waals surface area contributed by atoms with E-state index in [4.69, 9.17) is 4.99 Å². The first-order chi connectivity index (χ1) is 10.3. The number of fused-ring (bicyclic) bond motifs is 2. The minimum atomic E-state index is 0.863. The number of hydrogen-bond acceptors (Lipinski definition) is 1. The van der Waals surface area contributed by atoms with Crippen molar-refractivity contribution in [1.29, 1.82) is 0 Å². The highest BCUT2D eigenvalue weighted by molar-refractivity contribution is 9.10. The molecule has 0 atom stereocenters. The summed E-state index contributed by atoms with van der Waals surface area (Å²) in [7, 11) is 0. The second-order valence-corrected chi connectivity index (χ2v) is 6.14. The van der Waals surface area contributed by atoms with E-state index in [2.05, 4.69) is 76.6 Å². The van der Waals surface area contributed by atoms with Gasteiger partial charge in [0.25, 0.3) is 0 Å². The van der Waals surface area contributed by atoms with Crippen LogP contribution in [0, 0.1) is 0 Å². The Bertz CT molecular complexity index is 864. The van der Waals surface area contributed by atoms with Gasteiger partial charge >= 0.3 is 0 Å². The normalized spacial score (nSPS) is 13.9. The fourth-order valence-corrected chi connectivity index (χ4v) is 3.58. The van der Waals surface area contributed by atoms with Crippen LogP contribution in [0.5, 0.6) is 0 Å². The van der Waals surface area contributed by atoms with E-state index < -0.39 is 0 Å². The van der Waals surface area contributed by atoms with Crippen LogP contribution in [0.4, 0.5) is 0 Å². The second kappa shape index (κ2) is 5.12. The molecule has 21 heavy (non-hydrogen) atoms. The zero-order valence-electron chi connectivity index (χ0n) is 11.5. The van der Waals surface area contributed by atoms with E-state index >= 15 is 0 Å². The van der Waals surface area contributed by atoms with Crippen molar-refractivity contribution in [2.24, 2.45) is 4.99 Å². The third-order valence-electron chi connectivity index (χ3n) is 4.04. The van der Waals surface area contributed by atoms with Gasteiger partial charge in [0.15, 0.2) is 0 Å². The van der Waals surface area contributed by atoms with Crippen molar-refractivity contribution < 1.29 is 0 Å². The van der Waals surface area contributed by atoms with Crippen molar-refractivity contribution >= 4 is 32.4 Å². The molecule has 3 aromatic rings. The van der Waals surface area contributed by atoms with Crippen molar-refractivity contribution in [1.82, 2.24) is 0 Å². The summed E-state index contributed by atoms with van der Waals surface area (Å²) in [6, 6.07) is 21.4. The largest absolute Gasteiger partial charge is 0.284 e. The van der Waals surface area contributed by atoms with Crippen molar-refractivity contribution in [3.05, 3.63) is 81.8 Å². The van der Waals surface area contributed by atoms with Gasteiger partial charge in [0, 0.05) is 22.1 Å². The molecule has 0 radical (unpaired) electrons. The average Bonchev–Trinajstić information content (AvgIpc) is 2.54. The van der Waals surface area contributed by atoms with Crippen LogP contribution in [0.15, 0.2) is 70.1 Å². The summed E-state index contributed by atoms with van der Waals surface area (Å²) in [5.41, 5.74) is 4.98. The molecule has 4 rings (SSSR count). The maximum atomic E-state index is 4.84. The van der Waals surface area contributed by atoms with E-state index in [1.54, 1.807) is 0 Å². The summed E-state index contributed by atoms with van der Waals surface area (Å²) in [6.07, 6.45) is 1.03. The summed E-state index contributed by atoms with van der Waals surface area (Å²) in [6.45, 7) is 0.863. The SMILES string of the molecule is Brc1ccc2ccccc2c1C1=NCCc2ccccc21. The Balaban J connectivity index is 2.03. The summed E-state index contributed by atoms with van der Waals surface area (Å²) in [5.74, 6) is 0. The third kappa shape index (κ3) is 2.11. The van der Waals surface area contributed by atoms with Crippen LogP contribution < -0.4 is 0 Å². The molecule has 0 saturated carbocycles. The van der Waals surface area contributed by atoms with Crippen LogP contribution in [-0.4, -0.2) is 12.3 Å². The van der Waals surface area contributed by atoms with Gasteiger partial charge in [-0.1, -0.05) is 70.5 Å². The monoisotopic (exact) mass is 335 g/mol. The van der Waals surface area contributed by atoms with Crippen molar-refractivity contribution in [3.63, 3.8) is 0 Å². The van der Waals surface area contributed by atoms with E-state index in [1.807, 2.05) is 0 Å². The van der Waals surface area contributed by atoms with Gasteiger partial charge in [0.2, 0.25) is 0 Å². The fourth-order valence-electron chi connectivity index (χ4n) is 3.04. The standard InChI is InChI=1S/C19H14BrN/c20-17-10-9-13-5-1-3-7-15(13)18(17)19-16-8-4-2-6-14(16)11-12-21-19/h1-10H,11-12H2. The molecule has 2 heteroatoms. The second-order valence-electron chi connectivity index (χ2n) is 5.28. The van der Waals surface area contributed by atoms with E-state index in [9.17, 15) is 0 Å². The van der Waals surface area contributed by atoms with Crippen LogP contribution in [-0.2, 0) is 6.42 Å². The molecule has 0 bridgehead atoms. The van der Waals surface area contributed by atoms with Gasteiger partial charge in [-0.15, -0.1) is 0 Å². The highest BCUT2D eigenvalue weighted by Crippen LogP contribution is 2.31. The molecule has 1 aliphatic rings. The van der Waals surface area contributed by atoms with E-state index in [0.29, 0.717) is 0 Å². The van der Waals surface area contributed by atoms with Gasteiger partial charge in [-0.2, -0.15) is 0 Å². The van der Waals surface area contributed by atoms with Crippen LogP contribution in [0.25, 0.3) is 10.8 Å². The van der Waals surface area contributed by atoms with Gasteiger partial charge < -0.3 is 0 Å². The number of aliphatic imine (C=N–C) groups is 1.